The van der Waals surface area contributed by atoms with Gasteiger partial charge in [0.25, 0.3) is 11.6 Å². The number of primary amides is 1. The maximum Gasteiger partial charge on any atom is 0.288 e. The molecule has 3 N–H and O–H groups in total. The monoisotopic (exact) mass is 332 g/mol. The van der Waals surface area contributed by atoms with Crippen LogP contribution in [0.3, 0.4) is 0 Å². The van der Waals surface area contributed by atoms with Crippen LogP contribution in [0.1, 0.15) is 17.3 Å². The van der Waals surface area contributed by atoms with Crippen LogP contribution in [-0.2, 0) is 0 Å². The molecule has 0 aliphatic rings. The number of carbonyl (C=O) groups is 1. The Morgan fingerprint density at radius 1 is 1.43 bits per heavy atom. The minimum absolute atomic E-state index is 0.0103. The molecule has 1 aromatic heterocycles. The molecule has 0 saturated carbocycles. The minimum atomic E-state index is -0.757. The molecular formula is C15H16N4O3S. The Bertz CT molecular complexity index is 709. The van der Waals surface area contributed by atoms with Crippen molar-refractivity contribution in [3.63, 3.8) is 0 Å². The van der Waals surface area contributed by atoms with Crippen LogP contribution in [0.5, 0.6) is 0 Å². The molecule has 2 aromatic rings. The lowest BCUT2D eigenvalue weighted by Crippen LogP contribution is -2.19. The van der Waals surface area contributed by atoms with Crippen LogP contribution in [0.2, 0.25) is 0 Å². The van der Waals surface area contributed by atoms with Crippen LogP contribution in [-0.4, -0.2) is 27.6 Å². The lowest BCUT2D eigenvalue weighted by atomic mass is 10.2. The summed E-state index contributed by atoms with van der Waals surface area (Å²) in [7, 11) is 0. The van der Waals surface area contributed by atoms with E-state index in [1.54, 1.807) is 11.8 Å². The topological polar surface area (TPSA) is 111 Å². The van der Waals surface area contributed by atoms with Crippen LogP contribution in [0.25, 0.3) is 0 Å². The van der Waals surface area contributed by atoms with Crippen molar-refractivity contribution >= 4 is 29.2 Å². The Balaban J connectivity index is 2.05. The van der Waals surface area contributed by atoms with Crippen molar-refractivity contribution in [3.8, 4) is 0 Å². The van der Waals surface area contributed by atoms with Crippen molar-refractivity contribution in [2.24, 2.45) is 5.73 Å². The second-order valence-corrected chi connectivity index (χ2v) is 6.35. The molecule has 1 atom stereocenters. The highest BCUT2D eigenvalue weighted by atomic mass is 32.2. The lowest BCUT2D eigenvalue weighted by Gasteiger charge is -2.14. The zero-order chi connectivity index (χ0) is 16.8. The van der Waals surface area contributed by atoms with E-state index in [0.717, 1.165) is 17.2 Å². The van der Waals surface area contributed by atoms with Gasteiger partial charge >= 0.3 is 0 Å². The quantitative estimate of drug-likeness (QED) is 0.458. The van der Waals surface area contributed by atoms with Crippen LogP contribution < -0.4 is 11.1 Å². The second kappa shape index (κ2) is 7.59. The van der Waals surface area contributed by atoms with E-state index in [1.165, 1.54) is 0 Å². The predicted molar refractivity (Wildman–Crippen MR) is 89.7 cm³/mol. The maximum atomic E-state index is 11.4. The molecule has 0 saturated heterocycles. The van der Waals surface area contributed by atoms with Crippen molar-refractivity contribution in [1.82, 2.24) is 4.98 Å². The number of amides is 1. The van der Waals surface area contributed by atoms with Gasteiger partial charge in [0, 0.05) is 22.8 Å². The Morgan fingerprint density at radius 2 is 2.13 bits per heavy atom. The van der Waals surface area contributed by atoms with E-state index in [-0.39, 0.29) is 22.3 Å². The number of nitrogens with zero attached hydrogens (tertiary/aromatic N) is 2. The van der Waals surface area contributed by atoms with E-state index < -0.39 is 10.8 Å². The number of nitrogens with two attached hydrogens (primary N) is 1. The van der Waals surface area contributed by atoms with Crippen LogP contribution in [0, 0.1) is 10.1 Å². The third-order valence-corrected chi connectivity index (χ3v) is 4.10. The van der Waals surface area contributed by atoms with Crippen molar-refractivity contribution in [2.45, 2.75) is 17.1 Å². The van der Waals surface area contributed by atoms with E-state index in [4.69, 9.17) is 5.73 Å². The summed E-state index contributed by atoms with van der Waals surface area (Å²) in [6, 6.07) is 11.0. The largest absolute Gasteiger partial charge is 0.368 e. The first-order valence-corrected chi connectivity index (χ1v) is 7.75. The second-order valence-electron chi connectivity index (χ2n) is 4.83. The fourth-order valence-electron chi connectivity index (χ4n) is 1.90. The Hall–Kier alpha value is -2.61. The predicted octanol–water partition coefficient (Wildman–Crippen LogP) is 2.68. The average Bonchev–Trinajstić information content (AvgIpc) is 2.53. The molecule has 1 aromatic carbocycles. The van der Waals surface area contributed by atoms with Crippen molar-refractivity contribution in [2.75, 3.05) is 11.9 Å². The SMILES string of the molecule is CC(CNc1ncc([N+](=O)[O-])cc1C(N)=O)Sc1ccccc1. The Labute approximate surface area is 137 Å². The van der Waals surface area contributed by atoms with E-state index in [2.05, 4.69) is 10.3 Å². The van der Waals surface area contributed by atoms with Crippen molar-refractivity contribution in [3.05, 3.63) is 58.3 Å². The molecule has 120 valence electrons. The standard InChI is InChI=1S/C15H16N4O3S/c1-10(23-12-5-3-2-4-6-12)8-17-15-13(14(16)20)7-11(9-18-15)19(21)22/h2-7,9-10H,8H2,1H3,(H2,16,20)(H,17,18). The number of nitrogens with one attached hydrogen (secondary N) is 1. The highest BCUT2D eigenvalue weighted by Gasteiger charge is 2.16. The summed E-state index contributed by atoms with van der Waals surface area (Å²) in [6.07, 6.45) is 1.10. The number of carbonyl (C=O) groups excluding carboxylic acids is 1. The van der Waals surface area contributed by atoms with Crippen LogP contribution in [0.15, 0.2) is 47.5 Å². The Morgan fingerprint density at radius 3 is 2.74 bits per heavy atom. The molecule has 2 rings (SSSR count). The molecule has 0 fully saturated rings. The van der Waals surface area contributed by atoms with Gasteiger partial charge in [-0.25, -0.2) is 4.98 Å². The van der Waals surface area contributed by atoms with Gasteiger partial charge in [-0.05, 0) is 12.1 Å². The minimum Gasteiger partial charge on any atom is -0.368 e. The molecule has 0 radical (unpaired) electrons. The summed E-state index contributed by atoms with van der Waals surface area (Å²) >= 11 is 1.67. The molecule has 0 aliphatic heterocycles. The first-order chi connectivity index (χ1) is 11.0. The number of benzene rings is 1. The zero-order valence-electron chi connectivity index (χ0n) is 12.4. The number of nitro groups is 1. The van der Waals surface area contributed by atoms with Gasteiger partial charge in [-0.2, -0.15) is 0 Å². The summed E-state index contributed by atoms with van der Waals surface area (Å²) < 4.78 is 0. The van der Waals surface area contributed by atoms with Gasteiger partial charge in [0.15, 0.2) is 0 Å². The third-order valence-electron chi connectivity index (χ3n) is 2.99. The third kappa shape index (κ3) is 4.68. The number of thioether (sulfide) groups is 1. The molecule has 1 amide bonds. The van der Waals surface area contributed by atoms with E-state index in [0.29, 0.717) is 6.54 Å². The summed E-state index contributed by atoms with van der Waals surface area (Å²) in [6.45, 7) is 2.56. The van der Waals surface area contributed by atoms with Gasteiger partial charge in [-0.15, -0.1) is 11.8 Å². The first-order valence-electron chi connectivity index (χ1n) is 6.87. The number of anilines is 1. The molecule has 7 nitrogen and oxygen atoms in total. The summed E-state index contributed by atoms with van der Waals surface area (Å²) in [5.74, 6) is -0.504. The highest BCUT2D eigenvalue weighted by molar-refractivity contribution is 8.00. The van der Waals surface area contributed by atoms with Crippen molar-refractivity contribution < 1.29 is 9.72 Å². The smallest absolute Gasteiger partial charge is 0.288 e. The number of pyridine rings is 1. The average molecular weight is 332 g/mol. The first kappa shape index (κ1) is 16.8. The van der Waals surface area contributed by atoms with E-state index in [9.17, 15) is 14.9 Å². The van der Waals surface area contributed by atoms with E-state index >= 15 is 0 Å². The molecule has 1 heterocycles. The molecule has 0 aliphatic carbocycles. The fraction of sp³-hybridized carbons (Fsp3) is 0.200. The van der Waals surface area contributed by atoms with Crippen LogP contribution >= 0.6 is 11.8 Å². The Kier molecular flexibility index (Phi) is 5.53. The summed E-state index contributed by atoms with van der Waals surface area (Å²) in [4.78, 5) is 26.6. The van der Waals surface area contributed by atoms with Gasteiger partial charge in [-0.3, -0.25) is 14.9 Å². The van der Waals surface area contributed by atoms with Gasteiger partial charge in [0.1, 0.15) is 12.0 Å². The van der Waals surface area contributed by atoms with Gasteiger partial charge < -0.3 is 11.1 Å². The van der Waals surface area contributed by atoms with Crippen LogP contribution in [0.4, 0.5) is 11.5 Å². The fourth-order valence-corrected chi connectivity index (χ4v) is 2.84. The molecular weight excluding hydrogens is 316 g/mol. The van der Waals surface area contributed by atoms with Gasteiger partial charge in [-0.1, -0.05) is 25.1 Å². The normalized spacial score (nSPS) is 11.7. The summed E-state index contributed by atoms with van der Waals surface area (Å²) in [5, 5.41) is 14.0. The molecule has 8 heteroatoms. The van der Waals surface area contributed by atoms with Crippen molar-refractivity contribution in [1.29, 1.82) is 0 Å². The molecule has 0 spiro atoms. The molecule has 0 bridgehead atoms. The van der Waals surface area contributed by atoms with Gasteiger partial charge in [0.2, 0.25) is 0 Å². The molecule has 23 heavy (non-hydrogen) atoms. The lowest BCUT2D eigenvalue weighted by molar-refractivity contribution is -0.385. The highest BCUT2D eigenvalue weighted by Crippen LogP contribution is 2.24. The molecule has 1 unspecified atom stereocenters. The number of rotatable bonds is 7. The van der Waals surface area contributed by atoms with Gasteiger partial charge in [0.05, 0.1) is 10.5 Å². The zero-order valence-corrected chi connectivity index (χ0v) is 13.2. The summed E-state index contributed by atoms with van der Waals surface area (Å²) in [5.41, 5.74) is 5.01. The number of hydrogen-bond donors (Lipinski definition) is 2. The number of aromatic nitrogens is 1. The maximum absolute atomic E-state index is 11.4. The van der Waals surface area contributed by atoms with E-state index in [1.807, 2.05) is 37.3 Å². The number of hydrogen-bond acceptors (Lipinski definition) is 6.